The summed E-state index contributed by atoms with van der Waals surface area (Å²) < 4.78 is 5.11. The van der Waals surface area contributed by atoms with E-state index in [1.54, 1.807) is 0 Å². The summed E-state index contributed by atoms with van der Waals surface area (Å²) in [6.07, 6.45) is 8.31. The van der Waals surface area contributed by atoms with Crippen LogP contribution < -0.4 is 0 Å². The highest BCUT2D eigenvalue weighted by Gasteiger charge is 2.01. The van der Waals surface area contributed by atoms with Gasteiger partial charge in [0, 0.05) is 6.42 Å². The van der Waals surface area contributed by atoms with E-state index in [2.05, 4.69) is 19.6 Å². The van der Waals surface area contributed by atoms with Crippen molar-refractivity contribution in [2.24, 2.45) is 0 Å². The number of unbranched alkanes of at least 4 members (excludes halogenated alkanes) is 5. The minimum Gasteiger partial charge on any atom is -0.466 e. The average molecular weight is 232 g/mol. The molecular formula is C12H24O2S. The third kappa shape index (κ3) is 11.7. The molecule has 0 saturated heterocycles. The fourth-order valence-electron chi connectivity index (χ4n) is 1.34. The van der Waals surface area contributed by atoms with E-state index in [0.29, 0.717) is 13.0 Å². The molecule has 0 aromatic rings. The number of esters is 1. The number of carbonyl (C=O) groups excluding carboxylic acids is 1. The van der Waals surface area contributed by atoms with Crippen LogP contribution in [0.3, 0.4) is 0 Å². The van der Waals surface area contributed by atoms with Crippen molar-refractivity contribution < 1.29 is 9.53 Å². The van der Waals surface area contributed by atoms with Crippen molar-refractivity contribution in [3.8, 4) is 0 Å². The second kappa shape index (κ2) is 11.9. The molecule has 0 fully saturated rings. The molecule has 0 bridgehead atoms. The van der Waals surface area contributed by atoms with E-state index in [-0.39, 0.29) is 5.97 Å². The maximum absolute atomic E-state index is 11.2. The molecule has 0 atom stereocenters. The zero-order chi connectivity index (χ0) is 11.4. The molecule has 0 spiro atoms. The highest BCUT2D eigenvalue weighted by molar-refractivity contribution is 7.80. The van der Waals surface area contributed by atoms with Gasteiger partial charge in [0.05, 0.1) is 6.61 Å². The minimum atomic E-state index is -0.0364. The van der Waals surface area contributed by atoms with Gasteiger partial charge in [-0.05, 0) is 25.0 Å². The van der Waals surface area contributed by atoms with Crippen molar-refractivity contribution >= 4 is 18.6 Å². The predicted octanol–water partition coefficient (Wildman–Crippen LogP) is 3.60. The maximum atomic E-state index is 11.2. The Bertz CT molecular complexity index is 149. The van der Waals surface area contributed by atoms with E-state index >= 15 is 0 Å². The Morgan fingerprint density at radius 1 is 1.07 bits per heavy atom. The summed E-state index contributed by atoms with van der Waals surface area (Å²) in [6, 6.07) is 0. The highest BCUT2D eigenvalue weighted by atomic mass is 32.1. The first-order chi connectivity index (χ1) is 7.31. The fourth-order valence-corrected chi connectivity index (χ4v) is 1.57. The minimum absolute atomic E-state index is 0.0364. The smallest absolute Gasteiger partial charge is 0.305 e. The van der Waals surface area contributed by atoms with Crippen molar-refractivity contribution in [1.82, 2.24) is 0 Å². The van der Waals surface area contributed by atoms with Crippen molar-refractivity contribution in [1.29, 1.82) is 0 Å². The number of carbonyl (C=O) groups is 1. The van der Waals surface area contributed by atoms with Crippen LogP contribution in [0.2, 0.25) is 0 Å². The average Bonchev–Trinajstić information content (AvgIpc) is 2.24. The zero-order valence-electron chi connectivity index (χ0n) is 9.83. The summed E-state index contributed by atoms with van der Waals surface area (Å²) in [5, 5.41) is 0. The standard InChI is InChI=1S/C12H24O2S/c1-2-3-4-7-10-14-12(13)9-6-5-8-11-15/h15H,2-11H2,1H3. The van der Waals surface area contributed by atoms with Gasteiger partial charge < -0.3 is 4.74 Å². The van der Waals surface area contributed by atoms with E-state index in [1.807, 2.05) is 0 Å². The molecule has 0 amide bonds. The Hall–Kier alpha value is -0.180. The summed E-state index contributed by atoms with van der Waals surface area (Å²) in [5.41, 5.74) is 0. The van der Waals surface area contributed by atoms with Gasteiger partial charge in [0.1, 0.15) is 0 Å². The van der Waals surface area contributed by atoms with Crippen LogP contribution in [0.4, 0.5) is 0 Å². The molecule has 0 aliphatic carbocycles. The molecule has 90 valence electrons. The van der Waals surface area contributed by atoms with Gasteiger partial charge in [0.25, 0.3) is 0 Å². The predicted molar refractivity (Wildman–Crippen MR) is 67.4 cm³/mol. The molecule has 0 aliphatic rings. The van der Waals surface area contributed by atoms with Gasteiger partial charge in [0.15, 0.2) is 0 Å². The monoisotopic (exact) mass is 232 g/mol. The van der Waals surface area contributed by atoms with Crippen LogP contribution in [0.1, 0.15) is 58.3 Å². The molecular weight excluding hydrogens is 208 g/mol. The van der Waals surface area contributed by atoms with Crippen LogP contribution in [0, 0.1) is 0 Å². The van der Waals surface area contributed by atoms with Crippen molar-refractivity contribution in [3.05, 3.63) is 0 Å². The molecule has 3 heteroatoms. The molecule has 15 heavy (non-hydrogen) atoms. The van der Waals surface area contributed by atoms with Gasteiger partial charge in [-0.15, -0.1) is 0 Å². The SMILES string of the molecule is CCCCCCOC(=O)CCCCCS. The van der Waals surface area contributed by atoms with Crippen molar-refractivity contribution in [2.45, 2.75) is 58.3 Å². The van der Waals surface area contributed by atoms with Crippen LogP contribution in [-0.4, -0.2) is 18.3 Å². The molecule has 0 rings (SSSR count). The lowest BCUT2D eigenvalue weighted by molar-refractivity contribution is -0.143. The van der Waals surface area contributed by atoms with E-state index < -0.39 is 0 Å². The van der Waals surface area contributed by atoms with Crippen LogP contribution in [0.5, 0.6) is 0 Å². The first-order valence-electron chi connectivity index (χ1n) is 6.07. The van der Waals surface area contributed by atoms with Crippen LogP contribution in [-0.2, 0) is 9.53 Å². The molecule has 0 radical (unpaired) electrons. The number of ether oxygens (including phenoxy) is 1. The molecule has 0 heterocycles. The van der Waals surface area contributed by atoms with Gasteiger partial charge in [0.2, 0.25) is 0 Å². The molecule has 0 N–H and O–H groups in total. The van der Waals surface area contributed by atoms with Crippen molar-refractivity contribution in [2.75, 3.05) is 12.4 Å². The third-order valence-corrected chi connectivity index (χ3v) is 2.62. The Morgan fingerprint density at radius 3 is 2.47 bits per heavy atom. The second-order valence-corrected chi connectivity index (χ2v) is 4.26. The lowest BCUT2D eigenvalue weighted by Gasteiger charge is -2.04. The summed E-state index contributed by atoms with van der Waals surface area (Å²) >= 11 is 4.12. The summed E-state index contributed by atoms with van der Waals surface area (Å²) in [7, 11) is 0. The highest BCUT2D eigenvalue weighted by Crippen LogP contribution is 2.04. The maximum Gasteiger partial charge on any atom is 0.305 e. The first kappa shape index (κ1) is 14.8. The molecule has 0 aromatic heterocycles. The van der Waals surface area contributed by atoms with Gasteiger partial charge in [-0.25, -0.2) is 0 Å². The zero-order valence-corrected chi connectivity index (χ0v) is 10.7. The van der Waals surface area contributed by atoms with E-state index in [1.165, 1.54) is 19.3 Å². The van der Waals surface area contributed by atoms with Gasteiger partial charge in [-0.3, -0.25) is 4.79 Å². The molecule has 2 nitrogen and oxygen atoms in total. The Morgan fingerprint density at radius 2 is 1.80 bits per heavy atom. The molecule has 0 aliphatic heterocycles. The summed E-state index contributed by atoms with van der Waals surface area (Å²) in [6.45, 7) is 2.78. The van der Waals surface area contributed by atoms with E-state index in [9.17, 15) is 4.79 Å². The molecule has 0 saturated carbocycles. The lowest BCUT2D eigenvalue weighted by atomic mass is 10.2. The lowest BCUT2D eigenvalue weighted by Crippen LogP contribution is -2.05. The topological polar surface area (TPSA) is 26.3 Å². The number of thiol groups is 1. The van der Waals surface area contributed by atoms with E-state index in [4.69, 9.17) is 4.74 Å². The first-order valence-corrected chi connectivity index (χ1v) is 6.71. The van der Waals surface area contributed by atoms with Gasteiger partial charge in [-0.2, -0.15) is 12.6 Å². The number of hydrogen-bond donors (Lipinski definition) is 1. The van der Waals surface area contributed by atoms with Crippen LogP contribution >= 0.6 is 12.6 Å². The summed E-state index contributed by atoms with van der Waals surface area (Å²) in [5.74, 6) is 0.872. The molecule has 0 aromatic carbocycles. The fraction of sp³-hybridized carbons (Fsp3) is 0.917. The summed E-state index contributed by atoms with van der Waals surface area (Å²) in [4.78, 5) is 11.2. The Labute approximate surface area is 99.2 Å². The quantitative estimate of drug-likeness (QED) is 0.354. The molecule has 0 unspecified atom stereocenters. The largest absolute Gasteiger partial charge is 0.466 e. The van der Waals surface area contributed by atoms with Crippen molar-refractivity contribution in [3.63, 3.8) is 0 Å². The third-order valence-electron chi connectivity index (χ3n) is 2.30. The van der Waals surface area contributed by atoms with Crippen LogP contribution in [0.15, 0.2) is 0 Å². The second-order valence-electron chi connectivity index (χ2n) is 3.82. The number of rotatable bonds is 10. The number of hydrogen-bond acceptors (Lipinski definition) is 3. The normalized spacial score (nSPS) is 10.3. The van der Waals surface area contributed by atoms with Gasteiger partial charge >= 0.3 is 5.97 Å². The Kier molecular flexibility index (Phi) is 11.7. The van der Waals surface area contributed by atoms with Crippen LogP contribution in [0.25, 0.3) is 0 Å². The van der Waals surface area contributed by atoms with E-state index in [0.717, 1.165) is 31.4 Å². The van der Waals surface area contributed by atoms with Gasteiger partial charge in [-0.1, -0.05) is 32.6 Å². The Balaban J connectivity index is 3.11.